The molecule has 0 bridgehead atoms. The Morgan fingerprint density at radius 1 is 1.26 bits per heavy atom. The molecule has 2 heterocycles. The Labute approximate surface area is 159 Å². The average Bonchev–Trinajstić information content (AvgIpc) is 3.06. The summed E-state index contributed by atoms with van der Waals surface area (Å²) in [5.41, 5.74) is 1.98. The van der Waals surface area contributed by atoms with Crippen LogP contribution in [0.15, 0.2) is 23.1 Å². The van der Waals surface area contributed by atoms with Crippen LogP contribution >= 0.6 is 0 Å². The van der Waals surface area contributed by atoms with Crippen LogP contribution in [0.4, 0.5) is 5.69 Å². The summed E-state index contributed by atoms with van der Waals surface area (Å²) >= 11 is 0. The molecule has 1 saturated heterocycles. The van der Waals surface area contributed by atoms with Gasteiger partial charge in [0.25, 0.3) is 10.0 Å². The third-order valence-electron chi connectivity index (χ3n) is 4.68. The minimum atomic E-state index is -3.92. The number of ether oxygens (including phenoxy) is 1. The maximum Gasteiger partial charge on any atom is 0.265 e. The third kappa shape index (κ3) is 3.81. The monoisotopic (exact) mass is 413 g/mol. The summed E-state index contributed by atoms with van der Waals surface area (Å²) in [5.74, 6) is 0.485. The zero-order valence-corrected chi connectivity index (χ0v) is 17.3. The first kappa shape index (κ1) is 19.7. The number of anilines is 1. The molecule has 1 aliphatic rings. The quantitative estimate of drug-likeness (QED) is 0.803. The van der Waals surface area contributed by atoms with E-state index in [9.17, 15) is 16.8 Å². The zero-order valence-electron chi connectivity index (χ0n) is 15.7. The van der Waals surface area contributed by atoms with Gasteiger partial charge in [-0.05, 0) is 44.9 Å². The number of nitrogens with one attached hydrogen (secondary N) is 1. The molecule has 0 unspecified atom stereocenters. The van der Waals surface area contributed by atoms with Gasteiger partial charge in [-0.15, -0.1) is 0 Å². The van der Waals surface area contributed by atoms with Gasteiger partial charge in [0, 0.05) is 0 Å². The highest BCUT2D eigenvalue weighted by Gasteiger charge is 2.34. The van der Waals surface area contributed by atoms with E-state index >= 15 is 0 Å². The third-order valence-corrected chi connectivity index (χ3v) is 8.05. The molecule has 1 aromatic carbocycles. The fraction of sp³-hybridized carbons (Fsp3) is 0.471. The zero-order chi connectivity index (χ0) is 20.0. The summed E-state index contributed by atoms with van der Waals surface area (Å²) in [6.07, 6.45) is 0.433. The van der Waals surface area contributed by atoms with Crippen molar-refractivity contribution in [1.29, 1.82) is 0 Å². The molecule has 1 aromatic heterocycles. The molecular formula is C17H23N3O5S2. The maximum atomic E-state index is 13.0. The lowest BCUT2D eigenvalue weighted by Gasteiger charge is -2.14. The van der Waals surface area contributed by atoms with Gasteiger partial charge in [-0.1, -0.05) is 6.07 Å². The molecule has 27 heavy (non-hydrogen) atoms. The number of hydrogen-bond acceptors (Lipinski definition) is 6. The second kappa shape index (κ2) is 6.83. The van der Waals surface area contributed by atoms with Gasteiger partial charge in [-0.3, -0.25) is 9.40 Å². The molecule has 148 valence electrons. The minimum absolute atomic E-state index is 0.0203. The van der Waals surface area contributed by atoms with Crippen LogP contribution in [0.5, 0.6) is 5.75 Å². The Kier molecular flexibility index (Phi) is 4.98. The summed E-state index contributed by atoms with van der Waals surface area (Å²) in [7, 11) is -5.56. The van der Waals surface area contributed by atoms with Crippen LogP contribution in [0.2, 0.25) is 0 Å². The second-order valence-corrected chi connectivity index (χ2v) is 10.7. The molecule has 3 rings (SSSR count). The first-order valence-electron chi connectivity index (χ1n) is 8.47. The molecule has 0 saturated carbocycles. The van der Waals surface area contributed by atoms with Crippen molar-refractivity contribution in [1.82, 2.24) is 9.78 Å². The highest BCUT2D eigenvalue weighted by molar-refractivity contribution is 7.93. The number of rotatable bonds is 5. The van der Waals surface area contributed by atoms with Crippen molar-refractivity contribution < 1.29 is 21.6 Å². The van der Waals surface area contributed by atoms with Gasteiger partial charge in [0.1, 0.15) is 10.6 Å². The highest BCUT2D eigenvalue weighted by Crippen LogP contribution is 2.32. The standard InChI is InChI=1S/C17H23N3O5S2/c1-11-5-6-16(25-4)15(9-11)19-27(23,24)17-12(2)18-20(13(17)3)14-7-8-26(21,22)10-14/h5-6,9,14,19H,7-8,10H2,1-4H3/t14-/m0/s1. The van der Waals surface area contributed by atoms with Gasteiger partial charge < -0.3 is 4.74 Å². The Hall–Kier alpha value is -2.07. The summed E-state index contributed by atoms with van der Waals surface area (Å²) in [4.78, 5) is 0.0651. The predicted octanol–water partition coefficient (Wildman–Crippen LogP) is 1.98. The first-order valence-corrected chi connectivity index (χ1v) is 11.8. The molecule has 1 N–H and O–H groups in total. The van der Waals surface area contributed by atoms with Gasteiger partial charge >= 0.3 is 0 Å². The van der Waals surface area contributed by atoms with Crippen LogP contribution in [0.1, 0.15) is 29.4 Å². The van der Waals surface area contributed by atoms with E-state index in [0.717, 1.165) is 5.56 Å². The van der Waals surface area contributed by atoms with E-state index in [1.165, 1.54) is 11.8 Å². The molecule has 0 aliphatic carbocycles. The minimum Gasteiger partial charge on any atom is -0.495 e. The van der Waals surface area contributed by atoms with Crippen LogP contribution in [-0.2, 0) is 19.9 Å². The number of aryl methyl sites for hydroxylation is 2. The maximum absolute atomic E-state index is 13.0. The molecule has 1 aliphatic heterocycles. The number of benzene rings is 1. The molecule has 0 radical (unpaired) electrons. The molecule has 1 atom stereocenters. The fourth-order valence-corrected chi connectivity index (χ4v) is 6.61. The Morgan fingerprint density at radius 3 is 2.56 bits per heavy atom. The lowest BCUT2D eigenvalue weighted by molar-refractivity contribution is 0.417. The number of hydrogen-bond donors (Lipinski definition) is 1. The van der Waals surface area contributed by atoms with Crippen molar-refractivity contribution in [2.45, 2.75) is 38.1 Å². The average molecular weight is 414 g/mol. The van der Waals surface area contributed by atoms with Gasteiger partial charge in [-0.2, -0.15) is 5.10 Å². The number of sulfone groups is 1. The van der Waals surface area contributed by atoms with E-state index in [2.05, 4.69) is 9.82 Å². The van der Waals surface area contributed by atoms with Crippen LogP contribution < -0.4 is 9.46 Å². The second-order valence-electron chi connectivity index (χ2n) is 6.81. The number of aromatic nitrogens is 2. The molecule has 8 nitrogen and oxygen atoms in total. The lowest BCUT2D eigenvalue weighted by Crippen LogP contribution is -2.17. The van der Waals surface area contributed by atoms with E-state index in [4.69, 9.17) is 4.74 Å². The van der Waals surface area contributed by atoms with Crippen LogP contribution in [-0.4, -0.2) is 45.2 Å². The SMILES string of the molecule is COc1ccc(C)cc1NS(=O)(=O)c1c(C)nn([C@H]2CCS(=O)(=O)C2)c1C. The largest absolute Gasteiger partial charge is 0.495 e. The molecule has 10 heteroatoms. The predicted molar refractivity (Wildman–Crippen MR) is 103 cm³/mol. The Morgan fingerprint density at radius 2 is 1.96 bits per heavy atom. The van der Waals surface area contributed by atoms with Crippen molar-refractivity contribution in [2.24, 2.45) is 0 Å². The van der Waals surface area contributed by atoms with Crippen LogP contribution in [0, 0.1) is 20.8 Å². The Balaban J connectivity index is 2.00. The normalized spacial score (nSPS) is 19.2. The van der Waals surface area contributed by atoms with E-state index in [1.807, 2.05) is 13.0 Å². The highest BCUT2D eigenvalue weighted by atomic mass is 32.2. The van der Waals surface area contributed by atoms with Gasteiger partial charge in [0.2, 0.25) is 0 Å². The van der Waals surface area contributed by atoms with E-state index in [-0.39, 0.29) is 22.4 Å². The summed E-state index contributed by atoms with van der Waals surface area (Å²) < 4.78 is 59.0. The summed E-state index contributed by atoms with van der Waals surface area (Å²) in [6.45, 7) is 5.11. The summed E-state index contributed by atoms with van der Waals surface area (Å²) in [5, 5.41) is 4.33. The van der Waals surface area contributed by atoms with Gasteiger partial charge in [-0.25, -0.2) is 16.8 Å². The fourth-order valence-electron chi connectivity index (χ4n) is 3.46. The van der Waals surface area contributed by atoms with Crippen molar-refractivity contribution in [3.8, 4) is 5.75 Å². The van der Waals surface area contributed by atoms with Crippen molar-refractivity contribution in [2.75, 3.05) is 23.3 Å². The number of sulfonamides is 1. The number of nitrogens with zero attached hydrogens (tertiary/aromatic N) is 2. The smallest absolute Gasteiger partial charge is 0.265 e. The van der Waals surface area contributed by atoms with E-state index < -0.39 is 19.9 Å². The molecule has 0 spiro atoms. The van der Waals surface area contributed by atoms with E-state index in [0.29, 0.717) is 29.2 Å². The molecule has 1 fully saturated rings. The summed E-state index contributed by atoms with van der Waals surface area (Å²) in [6, 6.07) is 4.87. The van der Waals surface area contributed by atoms with Crippen molar-refractivity contribution >= 4 is 25.5 Å². The topological polar surface area (TPSA) is 107 Å². The number of methoxy groups -OCH3 is 1. The molecule has 0 amide bonds. The van der Waals surface area contributed by atoms with Gasteiger partial charge in [0.05, 0.1) is 41.7 Å². The molecular weight excluding hydrogens is 390 g/mol. The molecule has 2 aromatic rings. The van der Waals surface area contributed by atoms with E-state index in [1.54, 1.807) is 26.0 Å². The Bertz CT molecular complexity index is 1090. The van der Waals surface area contributed by atoms with Gasteiger partial charge in [0.15, 0.2) is 9.84 Å². The van der Waals surface area contributed by atoms with Crippen molar-refractivity contribution in [3.05, 3.63) is 35.2 Å². The van der Waals surface area contributed by atoms with Crippen LogP contribution in [0.25, 0.3) is 0 Å². The first-order chi connectivity index (χ1) is 12.5. The van der Waals surface area contributed by atoms with Crippen LogP contribution in [0.3, 0.4) is 0 Å². The van der Waals surface area contributed by atoms with Crippen molar-refractivity contribution in [3.63, 3.8) is 0 Å². The lowest BCUT2D eigenvalue weighted by atomic mass is 10.2.